The SMILES string of the molecule is COC(=O)CC1CCCCN1C(=O)C1C2C3CCC(C3)C12. The Morgan fingerprint density at radius 3 is 2.48 bits per heavy atom. The molecule has 5 atom stereocenters. The lowest BCUT2D eigenvalue weighted by atomic mass is 9.96. The number of hydrogen-bond acceptors (Lipinski definition) is 3. The zero-order valence-electron chi connectivity index (χ0n) is 12.8. The second-order valence-corrected chi connectivity index (χ2v) is 7.48. The standard InChI is InChI=1S/C17H25NO3/c1-21-13(19)9-12-4-2-3-7-18(12)17(20)16-14-10-5-6-11(8-10)15(14)16/h10-12,14-16H,2-9H2,1H3. The first-order valence-electron chi connectivity index (χ1n) is 8.58. The van der Waals surface area contributed by atoms with Gasteiger partial charge < -0.3 is 9.64 Å². The van der Waals surface area contributed by atoms with E-state index in [-0.39, 0.29) is 12.0 Å². The molecule has 0 aromatic heterocycles. The molecule has 1 aliphatic heterocycles. The maximum absolute atomic E-state index is 12.9. The first kappa shape index (κ1) is 13.6. The summed E-state index contributed by atoms with van der Waals surface area (Å²) in [7, 11) is 1.43. The van der Waals surface area contributed by atoms with Crippen molar-refractivity contribution in [1.29, 1.82) is 0 Å². The van der Waals surface area contributed by atoms with E-state index >= 15 is 0 Å². The van der Waals surface area contributed by atoms with Crippen LogP contribution in [-0.4, -0.2) is 36.5 Å². The molecule has 2 bridgehead atoms. The minimum atomic E-state index is -0.184. The summed E-state index contributed by atoms with van der Waals surface area (Å²) in [5.41, 5.74) is 0. The normalized spacial score (nSPS) is 43.6. The molecule has 4 heteroatoms. The topological polar surface area (TPSA) is 46.6 Å². The van der Waals surface area contributed by atoms with Crippen molar-refractivity contribution in [3.63, 3.8) is 0 Å². The molecule has 0 aromatic carbocycles. The third-order valence-electron chi connectivity index (χ3n) is 6.56. The Hall–Kier alpha value is -1.06. The number of amides is 1. The lowest BCUT2D eigenvalue weighted by Crippen LogP contribution is -2.46. The lowest BCUT2D eigenvalue weighted by molar-refractivity contribution is -0.145. The van der Waals surface area contributed by atoms with Crippen molar-refractivity contribution in [3.05, 3.63) is 0 Å². The van der Waals surface area contributed by atoms with E-state index in [1.165, 1.54) is 26.4 Å². The van der Waals surface area contributed by atoms with Crippen LogP contribution in [0.1, 0.15) is 44.9 Å². The molecular formula is C17H25NO3. The van der Waals surface area contributed by atoms with Gasteiger partial charge in [0.05, 0.1) is 13.5 Å². The molecule has 116 valence electrons. The van der Waals surface area contributed by atoms with Gasteiger partial charge >= 0.3 is 5.97 Å². The number of rotatable bonds is 3. The van der Waals surface area contributed by atoms with E-state index < -0.39 is 0 Å². The molecule has 1 saturated heterocycles. The highest BCUT2D eigenvalue weighted by molar-refractivity contribution is 5.84. The maximum atomic E-state index is 12.9. The van der Waals surface area contributed by atoms with Gasteiger partial charge in [-0.15, -0.1) is 0 Å². The number of esters is 1. The first-order valence-corrected chi connectivity index (χ1v) is 8.58. The summed E-state index contributed by atoms with van der Waals surface area (Å²) in [5.74, 6) is 3.52. The minimum absolute atomic E-state index is 0.0812. The number of piperidine rings is 1. The van der Waals surface area contributed by atoms with Crippen LogP contribution in [0.4, 0.5) is 0 Å². The van der Waals surface area contributed by atoms with Crippen LogP contribution >= 0.6 is 0 Å². The lowest BCUT2D eigenvalue weighted by Gasteiger charge is -2.36. The summed E-state index contributed by atoms with van der Waals surface area (Å²) in [5, 5.41) is 0. The fourth-order valence-corrected chi connectivity index (χ4v) is 5.63. The summed E-state index contributed by atoms with van der Waals surface area (Å²) in [4.78, 5) is 26.6. The Kier molecular flexibility index (Phi) is 3.23. The van der Waals surface area contributed by atoms with Crippen LogP contribution in [0, 0.1) is 29.6 Å². The summed E-state index contributed by atoms with van der Waals surface area (Å²) in [6, 6.07) is 0.0812. The molecule has 3 aliphatic carbocycles. The molecule has 4 aliphatic rings. The van der Waals surface area contributed by atoms with Gasteiger partial charge in [-0.05, 0) is 62.2 Å². The van der Waals surface area contributed by atoms with E-state index in [1.54, 1.807) is 0 Å². The summed E-state index contributed by atoms with van der Waals surface area (Å²) in [6.45, 7) is 0.839. The molecule has 0 spiro atoms. The van der Waals surface area contributed by atoms with Gasteiger partial charge in [0, 0.05) is 18.5 Å². The number of carbonyl (C=O) groups excluding carboxylic acids is 2. The van der Waals surface area contributed by atoms with Crippen molar-refractivity contribution in [1.82, 2.24) is 4.90 Å². The van der Waals surface area contributed by atoms with Gasteiger partial charge in [0.2, 0.25) is 5.91 Å². The average Bonchev–Trinajstić information content (AvgIpc) is 2.94. The number of likely N-dealkylation sites (tertiary alicyclic amines) is 1. The van der Waals surface area contributed by atoms with Crippen LogP contribution in [0.2, 0.25) is 0 Å². The van der Waals surface area contributed by atoms with Crippen LogP contribution < -0.4 is 0 Å². The van der Waals surface area contributed by atoms with Gasteiger partial charge in [0.25, 0.3) is 0 Å². The number of ether oxygens (including phenoxy) is 1. The fraction of sp³-hybridized carbons (Fsp3) is 0.882. The van der Waals surface area contributed by atoms with Crippen LogP contribution in [0.15, 0.2) is 0 Å². The fourth-order valence-electron chi connectivity index (χ4n) is 5.63. The molecule has 3 saturated carbocycles. The molecule has 1 heterocycles. The molecule has 0 radical (unpaired) electrons. The van der Waals surface area contributed by atoms with Crippen molar-refractivity contribution in [2.45, 2.75) is 51.0 Å². The Bertz CT molecular complexity index is 447. The zero-order chi connectivity index (χ0) is 14.6. The number of nitrogens with zero attached hydrogens (tertiary/aromatic N) is 1. The van der Waals surface area contributed by atoms with Gasteiger partial charge in [-0.3, -0.25) is 9.59 Å². The highest BCUT2D eigenvalue weighted by Gasteiger charge is 2.68. The second-order valence-electron chi connectivity index (χ2n) is 7.48. The molecule has 4 rings (SSSR count). The summed E-state index contributed by atoms with van der Waals surface area (Å²) >= 11 is 0. The van der Waals surface area contributed by atoms with Crippen LogP contribution in [0.3, 0.4) is 0 Å². The summed E-state index contributed by atoms with van der Waals surface area (Å²) < 4.78 is 4.80. The Morgan fingerprint density at radius 2 is 1.81 bits per heavy atom. The largest absolute Gasteiger partial charge is 0.469 e. The Morgan fingerprint density at radius 1 is 1.10 bits per heavy atom. The Labute approximate surface area is 126 Å². The maximum Gasteiger partial charge on any atom is 0.307 e. The highest BCUT2D eigenvalue weighted by Crippen LogP contribution is 2.69. The number of carbonyl (C=O) groups is 2. The molecule has 0 aromatic rings. The monoisotopic (exact) mass is 291 g/mol. The molecule has 4 fully saturated rings. The smallest absolute Gasteiger partial charge is 0.307 e. The van der Waals surface area contributed by atoms with Crippen molar-refractivity contribution in [2.75, 3.05) is 13.7 Å². The van der Waals surface area contributed by atoms with Gasteiger partial charge in [-0.2, -0.15) is 0 Å². The van der Waals surface area contributed by atoms with Gasteiger partial charge in [-0.1, -0.05) is 0 Å². The second kappa shape index (κ2) is 4.99. The highest BCUT2D eigenvalue weighted by atomic mass is 16.5. The van der Waals surface area contributed by atoms with E-state index in [0.717, 1.165) is 37.6 Å². The molecule has 0 N–H and O–H groups in total. The molecule has 5 unspecified atom stereocenters. The number of hydrogen-bond donors (Lipinski definition) is 0. The van der Waals surface area contributed by atoms with E-state index in [1.807, 2.05) is 4.90 Å². The third-order valence-corrected chi connectivity index (χ3v) is 6.56. The molecule has 4 nitrogen and oxygen atoms in total. The van der Waals surface area contributed by atoms with Crippen molar-refractivity contribution in [3.8, 4) is 0 Å². The molecule has 21 heavy (non-hydrogen) atoms. The van der Waals surface area contributed by atoms with E-state index in [4.69, 9.17) is 4.74 Å². The van der Waals surface area contributed by atoms with Crippen molar-refractivity contribution in [2.24, 2.45) is 29.6 Å². The predicted octanol–water partition coefficient (Wildman–Crippen LogP) is 2.22. The Balaban J connectivity index is 1.44. The zero-order valence-corrected chi connectivity index (χ0v) is 12.8. The first-order chi connectivity index (χ1) is 10.2. The molecular weight excluding hydrogens is 266 g/mol. The molecule has 1 amide bonds. The van der Waals surface area contributed by atoms with Gasteiger partial charge in [0.15, 0.2) is 0 Å². The quantitative estimate of drug-likeness (QED) is 0.749. The van der Waals surface area contributed by atoms with E-state index in [2.05, 4.69) is 0 Å². The van der Waals surface area contributed by atoms with E-state index in [9.17, 15) is 9.59 Å². The van der Waals surface area contributed by atoms with Gasteiger partial charge in [0.1, 0.15) is 0 Å². The van der Waals surface area contributed by atoms with E-state index in [0.29, 0.717) is 30.1 Å². The van der Waals surface area contributed by atoms with Gasteiger partial charge in [-0.25, -0.2) is 0 Å². The third kappa shape index (κ3) is 2.09. The predicted molar refractivity (Wildman–Crippen MR) is 77.3 cm³/mol. The average molecular weight is 291 g/mol. The van der Waals surface area contributed by atoms with Crippen molar-refractivity contribution < 1.29 is 14.3 Å². The van der Waals surface area contributed by atoms with Crippen LogP contribution in [-0.2, 0) is 14.3 Å². The minimum Gasteiger partial charge on any atom is -0.469 e. The summed E-state index contributed by atoms with van der Waals surface area (Å²) in [6.07, 6.45) is 7.60. The van der Waals surface area contributed by atoms with Crippen LogP contribution in [0.5, 0.6) is 0 Å². The van der Waals surface area contributed by atoms with Crippen LogP contribution in [0.25, 0.3) is 0 Å². The van der Waals surface area contributed by atoms with Crippen molar-refractivity contribution >= 4 is 11.9 Å². The number of fused-ring (bicyclic) bond motifs is 5. The number of methoxy groups -OCH3 is 1.